The van der Waals surface area contributed by atoms with Crippen LogP contribution in [0.2, 0.25) is 0 Å². The average Bonchev–Trinajstić information content (AvgIpc) is 3.15. The first-order chi connectivity index (χ1) is 10.3. The molecule has 21 heavy (non-hydrogen) atoms. The van der Waals surface area contributed by atoms with Gasteiger partial charge in [0.1, 0.15) is 5.52 Å². The van der Waals surface area contributed by atoms with Crippen LogP contribution in [0.25, 0.3) is 22.3 Å². The molecule has 4 rings (SSSR count). The Bertz CT molecular complexity index is 861. The molecule has 0 bridgehead atoms. The Morgan fingerprint density at radius 2 is 2.00 bits per heavy atom. The Hall–Kier alpha value is -2.76. The minimum Gasteiger partial charge on any atom is -0.345 e. The monoisotopic (exact) mass is 280 g/mol. The van der Waals surface area contributed by atoms with Crippen LogP contribution in [0.5, 0.6) is 0 Å². The third kappa shape index (κ3) is 2.89. The van der Waals surface area contributed by atoms with Crippen molar-refractivity contribution in [1.82, 2.24) is 29.9 Å². The lowest BCUT2D eigenvalue weighted by Gasteiger charge is -1.93. The highest BCUT2D eigenvalue weighted by atomic mass is 14.9. The summed E-state index contributed by atoms with van der Waals surface area (Å²) in [6.07, 6.45) is 8.05. The molecule has 0 aromatic carbocycles. The number of nitrogens with zero attached hydrogens (tertiary/aromatic N) is 4. The summed E-state index contributed by atoms with van der Waals surface area (Å²) in [5, 5.41) is 0. The lowest BCUT2D eigenvalue weighted by Crippen LogP contribution is -1.88. The number of nitrogens with one attached hydrogen (secondary N) is 2. The molecular weight excluding hydrogens is 264 g/mol. The molecule has 4 heterocycles. The molecule has 0 amide bonds. The summed E-state index contributed by atoms with van der Waals surface area (Å²) in [6.45, 7) is 4.08. The molecule has 4 aromatic rings. The number of rotatable bonds is 1. The van der Waals surface area contributed by atoms with Crippen molar-refractivity contribution in [3.8, 4) is 0 Å². The second-order valence-electron chi connectivity index (χ2n) is 4.71. The summed E-state index contributed by atoms with van der Waals surface area (Å²) in [7, 11) is 0. The topological polar surface area (TPSA) is 83.1 Å². The zero-order valence-electron chi connectivity index (χ0n) is 12.0. The predicted molar refractivity (Wildman–Crippen MR) is 81.9 cm³/mol. The highest BCUT2D eigenvalue weighted by Crippen LogP contribution is 2.07. The molecule has 0 atom stereocenters. The maximum absolute atomic E-state index is 4.36. The zero-order chi connectivity index (χ0) is 14.7. The molecule has 0 unspecified atom stereocenters. The van der Waals surface area contributed by atoms with E-state index < -0.39 is 0 Å². The molecule has 0 fully saturated rings. The van der Waals surface area contributed by atoms with Crippen LogP contribution >= 0.6 is 0 Å². The number of aryl methyl sites for hydroxylation is 2. The fourth-order valence-corrected chi connectivity index (χ4v) is 1.97. The minimum absolute atomic E-state index is 0.783. The van der Waals surface area contributed by atoms with Crippen molar-refractivity contribution in [3.63, 3.8) is 0 Å². The van der Waals surface area contributed by atoms with Gasteiger partial charge in [0.15, 0.2) is 11.3 Å². The largest absolute Gasteiger partial charge is 0.345 e. The Kier molecular flexibility index (Phi) is 3.59. The van der Waals surface area contributed by atoms with Gasteiger partial charge < -0.3 is 9.97 Å². The van der Waals surface area contributed by atoms with Crippen molar-refractivity contribution in [3.05, 3.63) is 48.3 Å². The van der Waals surface area contributed by atoms with E-state index in [0.29, 0.717) is 0 Å². The van der Waals surface area contributed by atoms with Gasteiger partial charge in [0.05, 0.1) is 23.7 Å². The van der Waals surface area contributed by atoms with E-state index in [1.165, 1.54) is 0 Å². The summed E-state index contributed by atoms with van der Waals surface area (Å²) in [5.74, 6) is 0. The Labute approximate surface area is 121 Å². The van der Waals surface area contributed by atoms with Crippen molar-refractivity contribution in [1.29, 1.82) is 0 Å². The van der Waals surface area contributed by atoms with Crippen LogP contribution in [-0.2, 0) is 6.42 Å². The smallest absolute Gasteiger partial charge is 0.177 e. The first-order valence-electron chi connectivity index (χ1n) is 6.81. The molecule has 6 nitrogen and oxygen atoms in total. The Morgan fingerprint density at radius 3 is 2.86 bits per heavy atom. The predicted octanol–water partition coefficient (Wildman–Crippen LogP) is 2.79. The molecule has 106 valence electrons. The molecule has 0 saturated heterocycles. The number of hydrogen-bond acceptors (Lipinski definition) is 4. The van der Waals surface area contributed by atoms with E-state index in [4.69, 9.17) is 0 Å². The number of H-pyrrole nitrogens is 2. The fourth-order valence-electron chi connectivity index (χ4n) is 1.97. The van der Waals surface area contributed by atoms with E-state index >= 15 is 0 Å². The van der Waals surface area contributed by atoms with Crippen LogP contribution in [0, 0.1) is 6.92 Å². The Morgan fingerprint density at radius 1 is 1.10 bits per heavy atom. The number of aromatic amines is 2. The van der Waals surface area contributed by atoms with Crippen LogP contribution in [0.3, 0.4) is 0 Å². The quantitative estimate of drug-likeness (QED) is 0.561. The SMILES string of the molecule is CCc1cnc2[nH]ccc2n1.Cc1cnc2nc[nH]c2c1. The minimum atomic E-state index is 0.783. The van der Waals surface area contributed by atoms with Gasteiger partial charge in [-0.05, 0) is 31.0 Å². The lowest BCUT2D eigenvalue weighted by molar-refractivity contribution is 1.03. The molecule has 0 aliphatic rings. The van der Waals surface area contributed by atoms with Crippen LogP contribution in [0.1, 0.15) is 18.2 Å². The second-order valence-corrected chi connectivity index (χ2v) is 4.71. The number of fused-ring (bicyclic) bond motifs is 2. The number of imidazole rings is 1. The molecular formula is C15H16N6. The molecule has 0 radical (unpaired) electrons. The van der Waals surface area contributed by atoms with Crippen LogP contribution in [-0.4, -0.2) is 29.9 Å². The average molecular weight is 280 g/mol. The van der Waals surface area contributed by atoms with E-state index in [-0.39, 0.29) is 0 Å². The second kappa shape index (κ2) is 5.70. The van der Waals surface area contributed by atoms with Crippen molar-refractivity contribution < 1.29 is 0 Å². The Balaban J connectivity index is 0.000000126. The van der Waals surface area contributed by atoms with Gasteiger partial charge in [0.25, 0.3) is 0 Å². The maximum atomic E-state index is 4.36. The van der Waals surface area contributed by atoms with Crippen molar-refractivity contribution in [2.24, 2.45) is 0 Å². The first kappa shape index (κ1) is 13.2. The molecule has 6 heteroatoms. The van der Waals surface area contributed by atoms with Crippen molar-refractivity contribution in [2.45, 2.75) is 20.3 Å². The zero-order valence-corrected chi connectivity index (χ0v) is 12.0. The summed E-state index contributed by atoms with van der Waals surface area (Å²) < 4.78 is 0. The molecule has 0 aliphatic heterocycles. The maximum Gasteiger partial charge on any atom is 0.177 e. The van der Waals surface area contributed by atoms with Gasteiger partial charge in [-0.2, -0.15) is 0 Å². The van der Waals surface area contributed by atoms with Crippen LogP contribution < -0.4 is 0 Å². The summed E-state index contributed by atoms with van der Waals surface area (Å²) in [4.78, 5) is 22.6. The molecule has 0 spiro atoms. The molecule has 0 saturated carbocycles. The normalized spacial score (nSPS) is 10.6. The number of aromatic nitrogens is 6. The molecule has 2 N–H and O–H groups in total. The number of pyridine rings is 1. The summed E-state index contributed by atoms with van der Waals surface area (Å²) in [5.41, 5.74) is 5.78. The van der Waals surface area contributed by atoms with Gasteiger partial charge in [-0.1, -0.05) is 6.92 Å². The summed E-state index contributed by atoms with van der Waals surface area (Å²) in [6, 6.07) is 3.96. The van der Waals surface area contributed by atoms with E-state index in [1.54, 1.807) is 12.5 Å². The van der Waals surface area contributed by atoms with Gasteiger partial charge in [0, 0.05) is 12.4 Å². The molecule has 0 aliphatic carbocycles. The van der Waals surface area contributed by atoms with Crippen molar-refractivity contribution >= 4 is 22.3 Å². The third-order valence-corrected chi connectivity index (χ3v) is 3.08. The van der Waals surface area contributed by atoms with Gasteiger partial charge in [-0.25, -0.2) is 19.9 Å². The highest BCUT2D eigenvalue weighted by Gasteiger charge is 1.97. The van der Waals surface area contributed by atoms with E-state index in [1.807, 2.05) is 31.5 Å². The van der Waals surface area contributed by atoms with Crippen molar-refractivity contribution in [2.75, 3.05) is 0 Å². The van der Waals surface area contributed by atoms with E-state index in [2.05, 4.69) is 36.8 Å². The van der Waals surface area contributed by atoms with Gasteiger partial charge in [-0.15, -0.1) is 0 Å². The lowest BCUT2D eigenvalue weighted by atomic mass is 10.3. The van der Waals surface area contributed by atoms with E-state index in [9.17, 15) is 0 Å². The third-order valence-electron chi connectivity index (χ3n) is 3.08. The fraction of sp³-hybridized carbons (Fsp3) is 0.200. The van der Waals surface area contributed by atoms with Gasteiger partial charge >= 0.3 is 0 Å². The standard InChI is InChI=1S/C8H9N3.C7H7N3/c1-2-6-5-10-8-7(11-6)3-4-9-8;1-5-2-6-7(8-3-5)10-4-9-6/h3-5H,2H2,1H3,(H,9,10);2-4H,1H3,(H,8,9,10). The molecule has 4 aromatic heterocycles. The van der Waals surface area contributed by atoms with E-state index in [0.717, 1.165) is 40.0 Å². The van der Waals surface area contributed by atoms with Gasteiger partial charge in [-0.3, -0.25) is 0 Å². The van der Waals surface area contributed by atoms with Gasteiger partial charge in [0.2, 0.25) is 0 Å². The summed E-state index contributed by atoms with van der Waals surface area (Å²) >= 11 is 0. The first-order valence-corrected chi connectivity index (χ1v) is 6.81. The highest BCUT2D eigenvalue weighted by molar-refractivity contribution is 5.70. The number of hydrogen-bond donors (Lipinski definition) is 2. The van der Waals surface area contributed by atoms with Crippen LogP contribution in [0.4, 0.5) is 0 Å². The van der Waals surface area contributed by atoms with Crippen LogP contribution in [0.15, 0.2) is 37.1 Å².